The molecule has 1 aromatic heterocycles. The van der Waals surface area contributed by atoms with Crippen molar-refractivity contribution in [1.82, 2.24) is 9.97 Å². The summed E-state index contributed by atoms with van der Waals surface area (Å²) in [7, 11) is 1.73. The molecule has 1 heterocycles. The summed E-state index contributed by atoms with van der Waals surface area (Å²) in [6, 6.07) is 5.67. The number of anilines is 2. The Morgan fingerprint density at radius 2 is 2.11 bits per heavy atom. The van der Waals surface area contributed by atoms with Gasteiger partial charge in [0.1, 0.15) is 12.1 Å². The van der Waals surface area contributed by atoms with Crippen molar-refractivity contribution in [3.8, 4) is 0 Å². The van der Waals surface area contributed by atoms with Gasteiger partial charge in [0.2, 0.25) is 0 Å². The van der Waals surface area contributed by atoms with Gasteiger partial charge in [-0.1, -0.05) is 0 Å². The number of methoxy groups -OCH3 is 1. The monoisotopic (exact) mass is 260 g/mol. The standard InChI is InChI=1S/C14H20N4O/c1-19-8-4-2-3-7-16-14-12-9-11(15)5-6-13(12)17-10-18-14/h5-6,9-10H,2-4,7-8,15H2,1H3,(H,16,17,18). The Morgan fingerprint density at radius 3 is 2.95 bits per heavy atom. The summed E-state index contributed by atoms with van der Waals surface area (Å²) in [5, 5.41) is 4.32. The molecule has 0 aliphatic rings. The van der Waals surface area contributed by atoms with E-state index in [0.717, 1.165) is 54.8 Å². The molecule has 0 saturated carbocycles. The molecule has 3 N–H and O–H groups in total. The maximum Gasteiger partial charge on any atom is 0.137 e. The Labute approximate surface area is 113 Å². The van der Waals surface area contributed by atoms with Gasteiger partial charge in [-0.05, 0) is 37.5 Å². The second-order valence-electron chi connectivity index (χ2n) is 4.48. The minimum Gasteiger partial charge on any atom is -0.399 e. The zero-order chi connectivity index (χ0) is 13.5. The fourth-order valence-electron chi connectivity index (χ4n) is 1.97. The van der Waals surface area contributed by atoms with Gasteiger partial charge in [-0.3, -0.25) is 0 Å². The van der Waals surface area contributed by atoms with Crippen molar-refractivity contribution in [2.45, 2.75) is 19.3 Å². The third-order valence-electron chi connectivity index (χ3n) is 2.98. The van der Waals surface area contributed by atoms with E-state index in [9.17, 15) is 0 Å². The Balaban J connectivity index is 1.95. The van der Waals surface area contributed by atoms with Crippen LogP contribution in [0, 0.1) is 0 Å². The number of nitrogens with two attached hydrogens (primary N) is 1. The molecular weight excluding hydrogens is 240 g/mol. The highest BCUT2D eigenvalue weighted by Crippen LogP contribution is 2.21. The van der Waals surface area contributed by atoms with Crippen LogP contribution in [0.4, 0.5) is 11.5 Å². The molecule has 0 spiro atoms. The molecule has 0 atom stereocenters. The average molecular weight is 260 g/mol. The van der Waals surface area contributed by atoms with E-state index in [0.29, 0.717) is 0 Å². The smallest absolute Gasteiger partial charge is 0.137 e. The zero-order valence-electron chi connectivity index (χ0n) is 11.2. The topological polar surface area (TPSA) is 73.1 Å². The van der Waals surface area contributed by atoms with E-state index >= 15 is 0 Å². The van der Waals surface area contributed by atoms with Gasteiger partial charge in [0.15, 0.2) is 0 Å². The number of aromatic nitrogens is 2. The second kappa shape index (κ2) is 6.89. The van der Waals surface area contributed by atoms with Crippen molar-refractivity contribution < 1.29 is 4.74 Å². The second-order valence-corrected chi connectivity index (χ2v) is 4.48. The summed E-state index contributed by atoms with van der Waals surface area (Å²) in [5.74, 6) is 0.851. The molecule has 5 heteroatoms. The normalized spacial score (nSPS) is 10.8. The number of nitrogens with zero attached hydrogens (tertiary/aromatic N) is 2. The summed E-state index contributed by atoms with van der Waals surface area (Å²) < 4.78 is 5.02. The molecule has 102 valence electrons. The van der Waals surface area contributed by atoms with E-state index in [1.807, 2.05) is 18.2 Å². The van der Waals surface area contributed by atoms with Gasteiger partial charge in [0.25, 0.3) is 0 Å². The highest BCUT2D eigenvalue weighted by Gasteiger charge is 2.03. The Bertz CT molecular complexity index is 530. The molecular formula is C14H20N4O. The highest BCUT2D eigenvalue weighted by molar-refractivity contribution is 5.91. The lowest BCUT2D eigenvalue weighted by Gasteiger charge is -2.08. The van der Waals surface area contributed by atoms with E-state index in [2.05, 4.69) is 15.3 Å². The Kier molecular flexibility index (Phi) is 4.92. The van der Waals surface area contributed by atoms with E-state index in [4.69, 9.17) is 10.5 Å². The lowest BCUT2D eigenvalue weighted by molar-refractivity contribution is 0.192. The molecule has 2 rings (SSSR count). The van der Waals surface area contributed by atoms with Crippen LogP contribution in [0.15, 0.2) is 24.5 Å². The van der Waals surface area contributed by atoms with Crippen LogP contribution in [-0.2, 0) is 4.74 Å². The summed E-state index contributed by atoms with van der Waals surface area (Å²) in [5.41, 5.74) is 7.44. The summed E-state index contributed by atoms with van der Waals surface area (Å²) in [6.07, 6.45) is 4.91. The van der Waals surface area contributed by atoms with Crippen LogP contribution < -0.4 is 11.1 Å². The average Bonchev–Trinajstić information content (AvgIpc) is 2.43. The van der Waals surface area contributed by atoms with Crippen LogP contribution in [0.5, 0.6) is 0 Å². The first-order valence-electron chi connectivity index (χ1n) is 6.54. The van der Waals surface area contributed by atoms with Crippen molar-refractivity contribution in [2.75, 3.05) is 31.3 Å². The number of nitrogens with one attached hydrogen (secondary N) is 1. The third kappa shape index (κ3) is 3.79. The van der Waals surface area contributed by atoms with Gasteiger partial charge in [0.05, 0.1) is 5.52 Å². The van der Waals surface area contributed by atoms with Gasteiger partial charge in [0, 0.05) is 31.3 Å². The van der Waals surface area contributed by atoms with Gasteiger partial charge in [-0.25, -0.2) is 9.97 Å². The van der Waals surface area contributed by atoms with Gasteiger partial charge >= 0.3 is 0 Å². The molecule has 1 aromatic carbocycles. The minimum absolute atomic E-state index is 0.727. The van der Waals surface area contributed by atoms with E-state index in [-0.39, 0.29) is 0 Å². The number of hydrogen-bond donors (Lipinski definition) is 2. The predicted octanol–water partition coefficient (Wildman–Crippen LogP) is 2.44. The van der Waals surface area contributed by atoms with Crippen molar-refractivity contribution in [2.24, 2.45) is 0 Å². The van der Waals surface area contributed by atoms with E-state index in [1.165, 1.54) is 0 Å². The molecule has 0 unspecified atom stereocenters. The van der Waals surface area contributed by atoms with Gasteiger partial charge in [-0.2, -0.15) is 0 Å². The molecule has 0 fully saturated rings. The van der Waals surface area contributed by atoms with Crippen molar-refractivity contribution in [3.05, 3.63) is 24.5 Å². The number of rotatable bonds is 7. The number of ether oxygens (including phenoxy) is 1. The number of nitrogen functional groups attached to an aromatic ring is 1. The fourth-order valence-corrected chi connectivity index (χ4v) is 1.97. The SMILES string of the molecule is COCCCCCNc1ncnc2ccc(N)cc12. The van der Waals surface area contributed by atoms with Crippen LogP contribution in [0.3, 0.4) is 0 Å². The largest absolute Gasteiger partial charge is 0.399 e. The van der Waals surface area contributed by atoms with Crippen LogP contribution in [0.2, 0.25) is 0 Å². The van der Waals surface area contributed by atoms with Crippen LogP contribution in [0.25, 0.3) is 10.9 Å². The lowest BCUT2D eigenvalue weighted by Crippen LogP contribution is -2.05. The van der Waals surface area contributed by atoms with Crippen molar-refractivity contribution >= 4 is 22.4 Å². The quantitative estimate of drug-likeness (QED) is 0.591. The molecule has 0 aliphatic heterocycles. The van der Waals surface area contributed by atoms with Gasteiger partial charge < -0.3 is 15.8 Å². The Hall–Kier alpha value is -1.88. The third-order valence-corrected chi connectivity index (χ3v) is 2.98. The molecule has 0 aliphatic carbocycles. The fraction of sp³-hybridized carbons (Fsp3) is 0.429. The number of fused-ring (bicyclic) bond motifs is 1. The maximum absolute atomic E-state index is 5.81. The van der Waals surface area contributed by atoms with Crippen molar-refractivity contribution in [1.29, 1.82) is 0 Å². The summed E-state index contributed by atoms with van der Waals surface area (Å²) in [4.78, 5) is 8.51. The number of hydrogen-bond acceptors (Lipinski definition) is 5. The summed E-state index contributed by atoms with van der Waals surface area (Å²) >= 11 is 0. The lowest BCUT2D eigenvalue weighted by atomic mass is 10.2. The molecule has 0 radical (unpaired) electrons. The molecule has 5 nitrogen and oxygen atoms in total. The number of unbranched alkanes of at least 4 members (excludes halogenated alkanes) is 2. The molecule has 0 bridgehead atoms. The molecule has 0 saturated heterocycles. The van der Waals surface area contributed by atoms with E-state index in [1.54, 1.807) is 13.4 Å². The molecule has 19 heavy (non-hydrogen) atoms. The van der Waals surface area contributed by atoms with Gasteiger partial charge in [-0.15, -0.1) is 0 Å². The van der Waals surface area contributed by atoms with Crippen LogP contribution in [0.1, 0.15) is 19.3 Å². The van der Waals surface area contributed by atoms with Crippen LogP contribution in [-0.4, -0.2) is 30.2 Å². The number of benzene rings is 1. The zero-order valence-corrected chi connectivity index (χ0v) is 11.2. The molecule has 2 aromatic rings. The molecule has 0 amide bonds. The van der Waals surface area contributed by atoms with E-state index < -0.39 is 0 Å². The predicted molar refractivity (Wildman–Crippen MR) is 78.2 cm³/mol. The first-order chi connectivity index (χ1) is 9.31. The minimum atomic E-state index is 0.727. The van der Waals surface area contributed by atoms with Crippen molar-refractivity contribution in [3.63, 3.8) is 0 Å². The maximum atomic E-state index is 5.81. The Morgan fingerprint density at radius 1 is 1.21 bits per heavy atom. The van der Waals surface area contributed by atoms with Crippen LogP contribution >= 0.6 is 0 Å². The highest BCUT2D eigenvalue weighted by atomic mass is 16.5. The first-order valence-corrected chi connectivity index (χ1v) is 6.54. The summed E-state index contributed by atoms with van der Waals surface area (Å²) in [6.45, 7) is 1.72. The first kappa shape index (κ1) is 13.5.